The molecule has 2 aromatic carbocycles. The van der Waals surface area contributed by atoms with E-state index < -0.39 is 0 Å². The van der Waals surface area contributed by atoms with Crippen LogP contribution in [-0.4, -0.2) is 43.3 Å². The van der Waals surface area contributed by atoms with Crippen LogP contribution in [0.2, 0.25) is 0 Å². The highest BCUT2D eigenvalue weighted by Crippen LogP contribution is 2.33. The maximum Gasteiger partial charge on any atom is 0.322 e. The van der Waals surface area contributed by atoms with Gasteiger partial charge in [-0.1, -0.05) is 0 Å². The first-order chi connectivity index (χ1) is 15.1. The molecule has 0 radical (unpaired) electrons. The van der Waals surface area contributed by atoms with E-state index in [0.29, 0.717) is 36.9 Å². The number of nitrogens with zero attached hydrogens (tertiary/aromatic N) is 2. The van der Waals surface area contributed by atoms with Crippen molar-refractivity contribution in [1.29, 1.82) is 0 Å². The molecule has 0 fully saturated rings. The molecule has 2 heterocycles. The summed E-state index contributed by atoms with van der Waals surface area (Å²) in [5.74, 6) is 2.08. The molecule has 0 bridgehead atoms. The van der Waals surface area contributed by atoms with E-state index in [1.165, 1.54) is 0 Å². The number of methoxy groups -OCH3 is 2. The largest absolute Gasteiger partial charge is 0.497 e. The number of hydrogen-bond acceptors (Lipinski definition) is 6. The summed E-state index contributed by atoms with van der Waals surface area (Å²) in [5.41, 5.74) is 2.74. The molecule has 7 nitrogen and oxygen atoms in total. The van der Waals surface area contributed by atoms with E-state index in [4.69, 9.17) is 19.2 Å². The molecular weight excluding hydrogens is 414 g/mol. The minimum absolute atomic E-state index is 0.162. The molecule has 0 unspecified atom stereocenters. The Balaban J connectivity index is 1.46. The van der Waals surface area contributed by atoms with Crippen LogP contribution >= 0.6 is 11.3 Å². The van der Waals surface area contributed by atoms with Crippen LogP contribution in [-0.2, 0) is 13.0 Å². The number of ether oxygens (including phenoxy) is 3. The van der Waals surface area contributed by atoms with E-state index in [2.05, 4.69) is 5.32 Å². The van der Waals surface area contributed by atoms with Gasteiger partial charge in [-0.05, 0) is 43.3 Å². The number of rotatable bonds is 6. The van der Waals surface area contributed by atoms with E-state index in [0.717, 1.165) is 33.3 Å². The molecule has 3 aromatic rings. The third-order valence-electron chi connectivity index (χ3n) is 5.08. The predicted octanol–water partition coefficient (Wildman–Crippen LogP) is 4.82. The number of amides is 2. The summed E-state index contributed by atoms with van der Waals surface area (Å²) < 4.78 is 16.1. The summed E-state index contributed by atoms with van der Waals surface area (Å²) in [5, 5.41) is 3.91. The Morgan fingerprint density at radius 3 is 2.61 bits per heavy atom. The number of thiazole rings is 1. The Kier molecular flexibility index (Phi) is 6.27. The summed E-state index contributed by atoms with van der Waals surface area (Å²) in [6, 6.07) is 13.1. The summed E-state index contributed by atoms with van der Waals surface area (Å²) in [6.07, 6.45) is 0.732. The molecule has 1 aliphatic rings. The van der Waals surface area contributed by atoms with Crippen molar-refractivity contribution in [2.24, 2.45) is 0 Å². The number of hydrogen-bond donors (Lipinski definition) is 1. The SMILES string of the molecule is CCOc1ccc(-c2nc3c(s2)CN(C(=O)Nc2ccc(OC)cc2OC)CC3)cc1. The zero-order valence-corrected chi connectivity index (χ0v) is 18.6. The van der Waals surface area contributed by atoms with Crippen molar-refractivity contribution in [3.8, 4) is 27.8 Å². The third-order valence-corrected chi connectivity index (χ3v) is 6.21. The Labute approximate surface area is 185 Å². The number of urea groups is 1. The van der Waals surface area contributed by atoms with Gasteiger partial charge in [-0.25, -0.2) is 9.78 Å². The number of carbonyl (C=O) groups excluding carboxylic acids is 1. The van der Waals surface area contributed by atoms with Gasteiger partial charge in [0.2, 0.25) is 0 Å². The van der Waals surface area contributed by atoms with Gasteiger partial charge < -0.3 is 24.4 Å². The van der Waals surface area contributed by atoms with Gasteiger partial charge >= 0.3 is 6.03 Å². The average molecular weight is 440 g/mol. The van der Waals surface area contributed by atoms with Gasteiger partial charge in [0.25, 0.3) is 0 Å². The van der Waals surface area contributed by atoms with Crippen LogP contribution in [0.3, 0.4) is 0 Å². The fourth-order valence-electron chi connectivity index (χ4n) is 3.45. The van der Waals surface area contributed by atoms with Gasteiger partial charge in [-0.15, -0.1) is 11.3 Å². The predicted molar refractivity (Wildman–Crippen MR) is 121 cm³/mol. The summed E-state index contributed by atoms with van der Waals surface area (Å²) >= 11 is 1.63. The van der Waals surface area contributed by atoms with Crippen LogP contribution in [0.5, 0.6) is 17.2 Å². The second-order valence-corrected chi connectivity index (χ2v) is 8.10. The van der Waals surface area contributed by atoms with E-state index in [1.807, 2.05) is 31.2 Å². The summed E-state index contributed by atoms with van der Waals surface area (Å²) in [6.45, 7) is 3.76. The second-order valence-electron chi connectivity index (χ2n) is 7.01. The highest BCUT2D eigenvalue weighted by atomic mass is 32.1. The van der Waals surface area contributed by atoms with Crippen molar-refractivity contribution in [3.05, 3.63) is 53.0 Å². The minimum atomic E-state index is -0.162. The monoisotopic (exact) mass is 439 g/mol. The van der Waals surface area contributed by atoms with Crippen molar-refractivity contribution in [2.45, 2.75) is 19.9 Å². The quantitative estimate of drug-likeness (QED) is 0.596. The first kappa shape index (κ1) is 21.0. The van der Waals surface area contributed by atoms with Crippen molar-refractivity contribution >= 4 is 23.1 Å². The lowest BCUT2D eigenvalue weighted by Crippen LogP contribution is -2.38. The Bertz CT molecular complexity index is 1070. The normalized spacial score (nSPS) is 12.8. The maximum absolute atomic E-state index is 12.9. The van der Waals surface area contributed by atoms with Crippen LogP contribution in [0, 0.1) is 0 Å². The highest BCUT2D eigenvalue weighted by Gasteiger charge is 2.25. The summed E-state index contributed by atoms with van der Waals surface area (Å²) in [4.78, 5) is 20.6. The van der Waals surface area contributed by atoms with Crippen molar-refractivity contribution in [3.63, 3.8) is 0 Å². The van der Waals surface area contributed by atoms with Gasteiger partial charge in [-0.2, -0.15) is 0 Å². The average Bonchev–Trinajstić information content (AvgIpc) is 3.23. The summed E-state index contributed by atoms with van der Waals surface area (Å²) in [7, 11) is 3.16. The van der Waals surface area contributed by atoms with Gasteiger partial charge in [-0.3, -0.25) is 0 Å². The van der Waals surface area contributed by atoms with Gasteiger partial charge in [0, 0.05) is 29.5 Å². The molecule has 0 aliphatic carbocycles. The molecular formula is C23H25N3O4S. The lowest BCUT2D eigenvalue weighted by Gasteiger charge is -2.26. The fourth-order valence-corrected chi connectivity index (χ4v) is 4.58. The number of carbonyl (C=O) groups is 1. The Morgan fingerprint density at radius 1 is 1.13 bits per heavy atom. The molecule has 1 aromatic heterocycles. The van der Waals surface area contributed by atoms with Crippen molar-refractivity contribution in [1.82, 2.24) is 9.88 Å². The number of nitrogens with one attached hydrogen (secondary N) is 1. The Morgan fingerprint density at radius 2 is 1.90 bits per heavy atom. The molecule has 1 N–H and O–H groups in total. The number of anilines is 1. The highest BCUT2D eigenvalue weighted by molar-refractivity contribution is 7.15. The lowest BCUT2D eigenvalue weighted by molar-refractivity contribution is 0.206. The lowest BCUT2D eigenvalue weighted by atomic mass is 10.2. The molecule has 1 aliphatic heterocycles. The van der Waals surface area contributed by atoms with Crippen LogP contribution < -0.4 is 19.5 Å². The van der Waals surface area contributed by atoms with E-state index in [9.17, 15) is 4.79 Å². The van der Waals surface area contributed by atoms with Crippen molar-refractivity contribution < 1.29 is 19.0 Å². The first-order valence-electron chi connectivity index (χ1n) is 10.1. The fraction of sp³-hybridized carbons (Fsp3) is 0.304. The molecule has 8 heteroatoms. The van der Waals surface area contributed by atoms with Gasteiger partial charge in [0.05, 0.1) is 38.8 Å². The number of aromatic nitrogens is 1. The zero-order chi connectivity index (χ0) is 21.8. The molecule has 31 heavy (non-hydrogen) atoms. The van der Waals surface area contributed by atoms with Crippen LogP contribution in [0.1, 0.15) is 17.5 Å². The Hall–Kier alpha value is -3.26. The zero-order valence-electron chi connectivity index (χ0n) is 17.8. The molecule has 0 spiro atoms. The molecule has 2 amide bonds. The standard InChI is InChI=1S/C23H25N3O4S/c1-4-30-16-7-5-15(6-8-16)22-24-19-11-12-26(14-21(19)31-22)23(27)25-18-10-9-17(28-2)13-20(18)29-3/h5-10,13H,4,11-12,14H2,1-3H3,(H,25,27). The molecule has 162 valence electrons. The van der Waals surface area contributed by atoms with Crippen molar-refractivity contribution in [2.75, 3.05) is 32.7 Å². The van der Waals surface area contributed by atoms with Gasteiger partial charge in [0.1, 0.15) is 22.3 Å². The van der Waals surface area contributed by atoms with E-state index in [-0.39, 0.29) is 6.03 Å². The molecule has 0 saturated carbocycles. The van der Waals surface area contributed by atoms with Crippen LogP contribution in [0.4, 0.5) is 10.5 Å². The second kappa shape index (κ2) is 9.26. The molecule has 0 saturated heterocycles. The van der Waals surface area contributed by atoms with Gasteiger partial charge in [0.15, 0.2) is 0 Å². The van der Waals surface area contributed by atoms with E-state index >= 15 is 0 Å². The topological polar surface area (TPSA) is 72.9 Å². The first-order valence-corrected chi connectivity index (χ1v) is 10.9. The maximum atomic E-state index is 12.9. The molecule has 4 rings (SSSR count). The smallest absolute Gasteiger partial charge is 0.322 e. The molecule has 0 atom stereocenters. The van der Waals surface area contributed by atoms with Crippen LogP contribution in [0.25, 0.3) is 10.6 Å². The number of fused-ring (bicyclic) bond motifs is 1. The number of benzene rings is 2. The third kappa shape index (κ3) is 4.59. The van der Waals surface area contributed by atoms with E-state index in [1.54, 1.807) is 48.7 Å². The minimum Gasteiger partial charge on any atom is -0.497 e. The van der Waals surface area contributed by atoms with Crippen LogP contribution in [0.15, 0.2) is 42.5 Å².